The van der Waals surface area contributed by atoms with E-state index in [1.165, 1.54) is 32.4 Å². The second kappa shape index (κ2) is 12.4. The lowest BCUT2D eigenvalue weighted by atomic mass is 10.1. The van der Waals surface area contributed by atoms with Gasteiger partial charge in [0, 0.05) is 19.0 Å². The molecule has 0 radical (unpaired) electrons. The predicted molar refractivity (Wildman–Crippen MR) is 125 cm³/mol. The standard InChI is InChI=1S/C24H32Cl2N2O2/c1-27-13-12-24(30-21-10-11-22(25)23(26)18-21)19-6-8-20(9-7-19)29-17-5-16-28-14-3-2-4-15-28/h6-11,18,24,27H,2-5,12-17H2,1H3. The molecule has 1 N–H and O–H groups in total. The Labute approximate surface area is 190 Å². The summed E-state index contributed by atoms with van der Waals surface area (Å²) in [6, 6.07) is 13.6. The Morgan fingerprint density at radius 3 is 2.40 bits per heavy atom. The van der Waals surface area contributed by atoms with Crippen molar-refractivity contribution in [2.45, 2.75) is 38.2 Å². The van der Waals surface area contributed by atoms with Crippen molar-refractivity contribution in [3.8, 4) is 11.5 Å². The molecule has 164 valence electrons. The molecule has 4 nitrogen and oxygen atoms in total. The van der Waals surface area contributed by atoms with Crippen LogP contribution in [0, 0.1) is 0 Å². The van der Waals surface area contributed by atoms with Gasteiger partial charge in [-0.3, -0.25) is 0 Å². The van der Waals surface area contributed by atoms with E-state index in [0.29, 0.717) is 15.8 Å². The van der Waals surface area contributed by atoms with Crippen molar-refractivity contribution in [1.82, 2.24) is 10.2 Å². The number of rotatable bonds is 11. The van der Waals surface area contributed by atoms with E-state index >= 15 is 0 Å². The highest BCUT2D eigenvalue weighted by Gasteiger charge is 2.14. The molecule has 0 aliphatic carbocycles. The van der Waals surface area contributed by atoms with E-state index in [1.807, 2.05) is 25.2 Å². The third-order valence-corrected chi connectivity index (χ3v) is 6.15. The fourth-order valence-electron chi connectivity index (χ4n) is 3.72. The molecular formula is C24H32Cl2N2O2. The second-order valence-corrected chi connectivity index (χ2v) is 8.56. The molecular weight excluding hydrogens is 419 g/mol. The summed E-state index contributed by atoms with van der Waals surface area (Å²) in [6.07, 6.45) is 5.87. The van der Waals surface area contributed by atoms with Crippen molar-refractivity contribution in [2.75, 3.05) is 39.8 Å². The Kier molecular flexibility index (Phi) is 9.60. The van der Waals surface area contributed by atoms with E-state index in [9.17, 15) is 0 Å². The minimum atomic E-state index is -0.0807. The van der Waals surface area contributed by atoms with Crippen LogP contribution in [0.2, 0.25) is 10.0 Å². The summed E-state index contributed by atoms with van der Waals surface area (Å²) in [5.41, 5.74) is 1.11. The molecule has 3 rings (SSSR count). The maximum absolute atomic E-state index is 6.21. The van der Waals surface area contributed by atoms with Gasteiger partial charge in [-0.05, 0) is 75.8 Å². The Hall–Kier alpha value is -1.46. The van der Waals surface area contributed by atoms with Gasteiger partial charge in [0.25, 0.3) is 0 Å². The van der Waals surface area contributed by atoms with Crippen LogP contribution in [0.3, 0.4) is 0 Å². The summed E-state index contributed by atoms with van der Waals surface area (Å²) in [5.74, 6) is 1.61. The second-order valence-electron chi connectivity index (χ2n) is 7.75. The summed E-state index contributed by atoms with van der Waals surface area (Å²) in [7, 11) is 1.94. The zero-order valence-corrected chi connectivity index (χ0v) is 19.2. The maximum Gasteiger partial charge on any atom is 0.125 e. The van der Waals surface area contributed by atoms with Crippen molar-refractivity contribution in [3.63, 3.8) is 0 Å². The van der Waals surface area contributed by atoms with E-state index in [-0.39, 0.29) is 6.10 Å². The highest BCUT2D eigenvalue weighted by Crippen LogP contribution is 2.31. The van der Waals surface area contributed by atoms with Crippen LogP contribution >= 0.6 is 23.2 Å². The minimum absolute atomic E-state index is 0.0807. The van der Waals surface area contributed by atoms with Gasteiger partial charge in [-0.15, -0.1) is 0 Å². The third kappa shape index (κ3) is 7.35. The fraction of sp³-hybridized carbons (Fsp3) is 0.500. The molecule has 0 amide bonds. The summed E-state index contributed by atoms with van der Waals surface area (Å²) in [4.78, 5) is 2.54. The summed E-state index contributed by atoms with van der Waals surface area (Å²) in [5, 5.41) is 4.21. The van der Waals surface area contributed by atoms with Crippen molar-refractivity contribution in [3.05, 3.63) is 58.1 Å². The minimum Gasteiger partial charge on any atom is -0.494 e. The van der Waals surface area contributed by atoms with Crippen molar-refractivity contribution in [2.24, 2.45) is 0 Å². The van der Waals surface area contributed by atoms with E-state index in [2.05, 4.69) is 22.3 Å². The van der Waals surface area contributed by atoms with Crippen LogP contribution in [-0.2, 0) is 0 Å². The van der Waals surface area contributed by atoms with Gasteiger partial charge in [-0.25, -0.2) is 0 Å². The topological polar surface area (TPSA) is 33.7 Å². The molecule has 6 heteroatoms. The maximum atomic E-state index is 6.21. The number of halogens is 2. The van der Waals surface area contributed by atoms with Crippen LogP contribution in [0.15, 0.2) is 42.5 Å². The van der Waals surface area contributed by atoms with Crippen LogP contribution in [0.4, 0.5) is 0 Å². The SMILES string of the molecule is CNCCC(Oc1ccc(Cl)c(Cl)c1)c1ccc(OCCCN2CCCCC2)cc1. The van der Waals surface area contributed by atoms with E-state index in [4.69, 9.17) is 32.7 Å². The Bertz CT molecular complexity index is 764. The molecule has 0 saturated carbocycles. The van der Waals surface area contributed by atoms with Crippen molar-refractivity contribution in [1.29, 1.82) is 0 Å². The number of piperidine rings is 1. The van der Waals surface area contributed by atoms with Gasteiger partial charge < -0.3 is 19.7 Å². The molecule has 1 saturated heterocycles. The fourth-order valence-corrected chi connectivity index (χ4v) is 4.01. The molecule has 2 aromatic rings. The van der Waals surface area contributed by atoms with Gasteiger partial charge in [0.05, 0.1) is 16.7 Å². The average molecular weight is 451 g/mol. The normalized spacial score (nSPS) is 15.7. The number of nitrogens with zero attached hydrogens (tertiary/aromatic N) is 1. The third-order valence-electron chi connectivity index (χ3n) is 5.41. The summed E-state index contributed by atoms with van der Waals surface area (Å²) >= 11 is 12.2. The van der Waals surface area contributed by atoms with E-state index in [0.717, 1.165) is 43.9 Å². The van der Waals surface area contributed by atoms with E-state index in [1.54, 1.807) is 12.1 Å². The number of likely N-dealkylation sites (tertiary alicyclic amines) is 1. The Morgan fingerprint density at radius 1 is 0.967 bits per heavy atom. The van der Waals surface area contributed by atoms with Crippen LogP contribution in [0.25, 0.3) is 0 Å². The van der Waals surface area contributed by atoms with Crippen LogP contribution in [0.5, 0.6) is 11.5 Å². The van der Waals surface area contributed by atoms with Gasteiger partial charge in [0.15, 0.2) is 0 Å². The largest absolute Gasteiger partial charge is 0.494 e. The lowest BCUT2D eigenvalue weighted by Crippen LogP contribution is -2.31. The zero-order chi connectivity index (χ0) is 21.2. The van der Waals surface area contributed by atoms with E-state index < -0.39 is 0 Å². The first kappa shape index (κ1) is 23.2. The molecule has 0 aromatic heterocycles. The summed E-state index contributed by atoms with van der Waals surface area (Å²) < 4.78 is 12.2. The molecule has 0 bridgehead atoms. The van der Waals surface area contributed by atoms with Crippen molar-refractivity contribution >= 4 is 23.2 Å². The molecule has 1 fully saturated rings. The summed E-state index contributed by atoms with van der Waals surface area (Å²) in [6.45, 7) is 5.20. The molecule has 1 aliphatic heterocycles. The molecule has 0 spiro atoms. The molecule has 1 heterocycles. The van der Waals surface area contributed by atoms with Crippen LogP contribution < -0.4 is 14.8 Å². The molecule has 30 heavy (non-hydrogen) atoms. The number of benzene rings is 2. The first-order chi connectivity index (χ1) is 14.7. The van der Waals surface area contributed by atoms with Crippen LogP contribution in [-0.4, -0.2) is 44.7 Å². The first-order valence-corrected chi connectivity index (χ1v) is 11.6. The lowest BCUT2D eigenvalue weighted by molar-refractivity contribution is 0.194. The average Bonchev–Trinajstić information content (AvgIpc) is 2.78. The molecule has 1 unspecified atom stereocenters. The zero-order valence-electron chi connectivity index (χ0n) is 17.7. The first-order valence-electron chi connectivity index (χ1n) is 10.9. The lowest BCUT2D eigenvalue weighted by Gasteiger charge is -2.26. The van der Waals surface area contributed by atoms with Gasteiger partial charge in [0.1, 0.15) is 17.6 Å². The molecule has 2 aromatic carbocycles. The highest BCUT2D eigenvalue weighted by atomic mass is 35.5. The van der Waals surface area contributed by atoms with Crippen molar-refractivity contribution < 1.29 is 9.47 Å². The molecule has 1 atom stereocenters. The quantitative estimate of drug-likeness (QED) is 0.427. The number of nitrogens with one attached hydrogen (secondary N) is 1. The highest BCUT2D eigenvalue weighted by molar-refractivity contribution is 6.42. The van der Waals surface area contributed by atoms with Gasteiger partial charge in [-0.1, -0.05) is 41.8 Å². The monoisotopic (exact) mass is 450 g/mol. The number of hydrogen-bond donors (Lipinski definition) is 1. The predicted octanol–water partition coefficient (Wildman–Crippen LogP) is 5.98. The molecule has 1 aliphatic rings. The van der Waals surface area contributed by atoms with Gasteiger partial charge in [-0.2, -0.15) is 0 Å². The Balaban J connectivity index is 1.52. The van der Waals surface area contributed by atoms with Gasteiger partial charge >= 0.3 is 0 Å². The van der Waals surface area contributed by atoms with Gasteiger partial charge in [0.2, 0.25) is 0 Å². The smallest absolute Gasteiger partial charge is 0.125 e. The Morgan fingerprint density at radius 2 is 1.70 bits per heavy atom. The number of hydrogen-bond acceptors (Lipinski definition) is 4. The van der Waals surface area contributed by atoms with Crippen LogP contribution in [0.1, 0.15) is 43.8 Å². The number of ether oxygens (including phenoxy) is 2.